The fraction of sp³-hybridized carbons (Fsp3) is 0.438. The Kier molecular flexibility index (Phi) is 3.49. The van der Waals surface area contributed by atoms with Gasteiger partial charge in [0, 0.05) is 25.3 Å². The number of aromatic nitrogens is 2. The third-order valence-corrected chi connectivity index (χ3v) is 4.25. The Morgan fingerprint density at radius 1 is 1.39 bits per heavy atom. The Balaban J connectivity index is 1.49. The zero-order valence-corrected chi connectivity index (χ0v) is 12.7. The lowest BCUT2D eigenvalue weighted by molar-refractivity contribution is -0.127. The molecule has 2 aromatic rings. The van der Waals surface area contributed by atoms with E-state index in [4.69, 9.17) is 0 Å². The number of carbonyl (C=O) groups is 2. The van der Waals surface area contributed by atoms with Crippen molar-refractivity contribution in [3.63, 3.8) is 0 Å². The van der Waals surface area contributed by atoms with Gasteiger partial charge in [0.2, 0.25) is 11.8 Å². The summed E-state index contributed by atoms with van der Waals surface area (Å²) in [5.74, 6) is 0.483. The molecule has 2 aromatic heterocycles. The number of anilines is 1. The van der Waals surface area contributed by atoms with Gasteiger partial charge >= 0.3 is 0 Å². The second-order valence-electron chi connectivity index (χ2n) is 6.11. The van der Waals surface area contributed by atoms with Crippen LogP contribution in [0.4, 0.5) is 5.82 Å². The number of hydrogen-bond acceptors (Lipinski definition) is 4. The van der Waals surface area contributed by atoms with Crippen molar-refractivity contribution in [2.75, 3.05) is 18.0 Å². The first-order chi connectivity index (χ1) is 11.2. The summed E-state index contributed by atoms with van der Waals surface area (Å²) in [7, 11) is 0. The molecular weight excluding hydrogens is 294 g/mol. The van der Waals surface area contributed by atoms with Gasteiger partial charge in [-0.15, -0.1) is 0 Å². The van der Waals surface area contributed by atoms with E-state index in [1.165, 1.54) is 0 Å². The van der Waals surface area contributed by atoms with Crippen LogP contribution >= 0.6 is 0 Å². The Bertz CT molecular complexity index is 719. The van der Waals surface area contributed by atoms with Gasteiger partial charge in [0.15, 0.2) is 5.82 Å². The molecule has 7 heteroatoms. The Labute approximate surface area is 133 Å². The number of nitrogens with zero attached hydrogens (tertiary/aromatic N) is 3. The minimum absolute atomic E-state index is 0.0600. The summed E-state index contributed by atoms with van der Waals surface area (Å²) in [5, 5.41) is 6.07. The first-order valence-corrected chi connectivity index (χ1v) is 7.98. The van der Waals surface area contributed by atoms with Crippen LogP contribution in [0.3, 0.4) is 0 Å². The summed E-state index contributed by atoms with van der Waals surface area (Å²) < 4.78 is 1.89. The molecule has 23 heavy (non-hydrogen) atoms. The van der Waals surface area contributed by atoms with E-state index in [0.717, 1.165) is 18.5 Å². The topological polar surface area (TPSA) is 78.7 Å². The molecule has 3 heterocycles. The van der Waals surface area contributed by atoms with E-state index < -0.39 is 6.04 Å². The molecule has 4 rings (SSSR count). The Morgan fingerprint density at radius 3 is 3.04 bits per heavy atom. The smallest absolute Gasteiger partial charge is 0.245 e. The fourth-order valence-electron chi connectivity index (χ4n) is 2.87. The van der Waals surface area contributed by atoms with Crippen LogP contribution in [0.25, 0.3) is 5.65 Å². The minimum Gasteiger partial charge on any atom is -0.353 e. The second kappa shape index (κ2) is 5.66. The van der Waals surface area contributed by atoms with Crippen molar-refractivity contribution in [3.05, 3.63) is 30.6 Å². The van der Waals surface area contributed by atoms with Gasteiger partial charge in [-0.25, -0.2) is 4.98 Å². The van der Waals surface area contributed by atoms with Crippen molar-refractivity contribution in [1.82, 2.24) is 20.0 Å². The van der Waals surface area contributed by atoms with Crippen molar-refractivity contribution in [2.45, 2.75) is 31.3 Å². The molecule has 0 radical (unpaired) electrons. The van der Waals surface area contributed by atoms with Gasteiger partial charge in [-0.3, -0.25) is 14.5 Å². The fourth-order valence-corrected chi connectivity index (χ4v) is 2.87. The van der Waals surface area contributed by atoms with Crippen molar-refractivity contribution >= 4 is 23.3 Å². The van der Waals surface area contributed by atoms with Gasteiger partial charge in [0.05, 0.1) is 18.7 Å². The molecule has 1 unspecified atom stereocenters. The number of hydrogen-bond donors (Lipinski definition) is 2. The van der Waals surface area contributed by atoms with Crippen LogP contribution in [0, 0.1) is 0 Å². The average molecular weight is 313 g/mol. The van der Waals surface area contributed by atoms with E-state index in [1.54, 1.807) is 4.90 Å². The Hall–Kier alpha value is -2.41. The predicted octanol–water partition coefficient (Wildman–Crippen LogP) is 0.308. The summed E-state index contributed by atoms with van der Waals surface area (Å²) in [6.07, 6.45) is 6.02. The van der Waals surface area contributed by atoms with Crippen LogP contribution in [0.15, 0.2) is 30.6 Å². The molecule has 1 saturated heterocycles. The summed E-state index contributed by atoms with van der Waals surface area (Å²) in [5.41, 5.74) is 0.803. The van der Waals surface area contributed by atoms with Crippen molar-refractivity contribution in [3.8, 4) is 0 Å². The average Bonchev–Trinajstić information content (AvgIpc) is 3.24. The van der Waals surface area contributed by atoms with Gasteiger partial charge in [-0.05, 0) is 25.0 Å². The summed E-state index contributed by atoms with van der Waals surface area (Å²) in [6.45, 7) is 1.21. The highest BCUT2D eigenvalue weighted by Gasteiger charge is 2.33. The summed E-state index contributed by atoms with van der Waals surface area (Å²) >= 11 is 0. The zero-order chi connectivity index (χ0) is 15.8. The standard InChI is InChI=1S/C16H19N5O2/c22-15(18-11-4-5-11)9-12-16(23)21(8-6-17-12)14-10-20-7-2-1-3-13(20)19-14/h1-3,7,10-12,17H,4-6,8-9H2,(H,18,22). The lowest BCUT2D eigenvalue weighted by atomic mass is 10.1. The van der Waals surface area contributed by atoms with Crippen molar-refractivity contribution in [2.24, 2.45) is 0 Å². The third-order valence-electron chi connectivity index (χ3n) is 4.25. The van der Waals surface area contributed by atoms with Gasteiger partial charge < -0.3 is 15.0 Å². The molecular formula is C16H19N5O2. The van der Waals surface area contributed by atoms with E-state index in [1.807, 2.05) is 35.0 Å². The summed E-state index contributed by atoms with van der Waals surface area (Å²) in [6, 6.07) is 5.57. The number of carbonyl (C=O) groups excluding carboxylic acids is 2. The van der Waals surface area contributed by atoms with Gasteiger partial charge in [-0.1, -0.05) is 6.07 Å². The first kappa shape index (κ1) is 14.2. The predicted molar refractivity (Wildman–Crippen MR) is 85.1 cm³/mol. The third kappa shape index (κ3) is 2.92. The molecule has 1 saturated carbocycles. The summed E-state index contributed by atoms with van der Waals surface area (Å²) in [4.78, 5) is 30.8. The Morgan fingerprint density at radius 2 is 2.26 bits per heavy atom. The van der Waals surface area contributed by atoms with E-state index in [9.17, 15) is 9.59 Å². The number of piperazine rings is 1. The van der Waals surface area contributed by atoms with Crippen LogP contribution in [-0.4, -0.2) is 46.4 Å². The van der Waals surface area contributed by atoms with Crippen LogP contribution < -0.4 is 15.5 Å². The van der Waals surface area contributed by atoms with Crippen LogP contribution in [-0.2, 0) is 9.59 Å². The number of nitrogens with one attached hydrogen (secondary N) is 2. The number of fused-ring (bicyclic) bond motifs is 1. The molecule has 7 nitrogen and oxygen atoms in total. The lowest BCUT2D eigenvalue weighted by Gasteiger charge is -2.31. The monoisotopic (exact) mass is 313 g/mol. The minimum atomic E-state index is -0.479. The highest BCUT2D eigenvalue weighted by atomic mass is 16.2. The highest BCUT2D eigenvalue weighted by molar-refractivity contribution is 5.99. The lowest BCUT2D eigenvalue weighted by Crippen LogP contribution is -2.56. The molecule has 0 aromatic carbocycles. The van der Waals surface area contributed by atoms with E-state index in [-0.39, 0.29) is 18.2 Å². The maximum Gasteiger partial charge on any atom is 0.245 e. The molecule has 1 aliphatic carbocycles. The van der Waals surface area contributed by atoms with Gasteiger partial charge in [-0.2, -0.15) is 0 Å². The number of pyridine rings is 1. The van der Waals surface area contributed by atoms with Gasteiger partial charge in [0.25, 0.3) is 0 Å². The number of rotatable bonds is 4. The van der Waals surface area contributed by atoms with Crippen LogP contribution in [0.2, 0.25) is 0 Å². The molecule has 0 spiro atoms. The molecule has 2 amide bonds. The van der Waals surface area contributed by atoms with E-state index in [2.05, 4.69) is 15.6 Å². The van der Waals surface area contributed by atoms with E-state index in [0.29, 0.717) is 24.9 Å². The van der Waals surface area contributed by atoms with Crippen LogP contribution in [0.1, 0.15) is 19.3 Å². The van der Waals surface area contributed by atoms with Crippen molar-refractivity contribution in [1.29, 1.82) is 0 Å². The normalized spacial score (nSPS) is 21.7. The molecule has 2 N–H and O–H groups in total. The SMILES string of the molecule is O=C(CC1NCCN(c2cn3ccccc3n2)C1=O)NC1CC1. The maximum absolute atomic E-state index is 12.7. The molecule has 2 aliphatic rings. The number of amides is 2. The highest BCUT2D eigenvalue weighted by Crippen LogP contribution is 2.20. The first-order valence-electron chi connectivity index (χ1n) is 7.98. The zero-order valence-electron chi connectivity index (χ0n) is 12.7. The van der Waals surface area contributed by atoms with E-state index >= 15 is 0 Å². The second-order valence-corrected chi connectivity index (χ2v) is 6.11. The molecule has 120 valence electrons. The van der Waals surface area contributed by atoms with Crippen molar-refractivity contribution < 1.29 is 9.59 Å². The number of imidazole rings is 1. The maximum atomic E-state index is 12.7. The quantitative estimate of drug-likeness (QED) is 0.851. The molecule has 0 bridgehead atoms. The molecule has 2 fully saturated rings. The molecule has 1 aliphatic heterocycles. The largest absolute Gasteiger partial charge is 0.353 e. The molecule has 1 atom stereocenters. The van der Waals surface area contributed by atoms with Gasteiger partial charge in [0.1, 0.15) is 5.65 Å². The van der Waals surface area contributed by atoms with Crippen LogP contribution in [0.5, 0.6) is 0 Å².